The third-order valence-corrected chi connectivity index (χ3v) is 8.25. The molecule has 0 unspecified atom stereocenters. The van der Waals surface area contributed by atoms with Crippen molar-refractivity contribution in [3.05, 3.63) is 107 Å². The molecule has 11 heteroatoms. The van der Waals surface area contributed by atoms with E-state index < -0.39 is 18.0 Å². The van der Waals surface area contributed by atoms with E-state index in [1.807, 2.05) is 13.8 Å². The van der Waals surface area contributed by atoms with Crippen LogP contribution in [0, 0.1) is 6.92 Å². The lowest BCUT2D eigenvalue weighted by Crippen LogP contribution is -2.40. The molecule has 5 rings (SSSR count). The SMILES string of the molecule is CCCC1=C(C(=O)OCC)[C@H](c2cc(Cl)ccc2OC)n2c(s/c(=C/c3ccc(-c4cc(C(=O)O)ccc4C)o3)c2=O)=N1. The summed E-state index contributed by atoms with van der Waals surface area (Å²) < 4.78 is 18.9. The van der Waals surface area contributed by atoms with E-state index in [0.717, 1.165) is 5.56 Å². The minimum absolute atomic E-state index is 0.142. The Bertz CT molecular complexity index is 1950. The molecule has 0 saturated heterocycles. The number of aromatic nitrogens is 1. The first-order valence-electron chi connectivity index (χ1n) is 13.7. The number of allylic oxidation sites excluding steroid dienone is 1. The molecule has 0 radical (unpaired) electrons. The van der Waals surface area contributed by atoms with Crippen LogP contribution in [0.2, 0.25) is 5.02 Å². The third-order valence-electron chi connectivity index (χ3n) is 7.03. The minimum Gasteiger partial charge on any atom is -0.496 e. The van der Waals surface area contributed by atoms with Gasteiger partial charge in [-0.1, -0.05) is 42.3 Å². The average molecular weight is 621 g/mol. The number of furan rings is 1. The summed E-state index contributed by atoms with van der Waals surface area (Å²) in [7, 11) is 1.51. The first-order chi connectivity index (χ1) is 20.7. The summed E-state index contributed by atoms with van der Waals surface area (Å²) in [4.78, 5) is 44.2. The maximum Gasteiger partial charge on any atom is 0.338 e. The predicted molar refractivity (Wildman–Crippen MR) is 163 cm³/mol. The van der Waals surface area contributed by atoms with Gasteiger partial charge >= 0.3 is 11.9 Å². The molecule has 0 fully saturated rings. The molecule has 0 bridgehead atoms. The number of methoxy groups -OCH3 is 1. The van der Waals surface area contributed by atoms with E-state index in [4.69, 9.17) is 30.5 Å². The third kappa shape index (κ3) is 5.80. The number of rotatable bonds is 9. The van der Waals surface area contributed by atoms with Crippen molar-refractivity contribution < 1.29 is 28.6 Å². The number of ether oxygens (including phenoxy) is 2. The van der Waals surface area contributed by atoms with E-state index in [9.17, 15) is 19.5 Å². The first-order valence-corrected chi connectivity index (χ1v) is 14.9. The second-order valence-corrected chi connectivity index (χ2v) is 11.3. The lowest BCUT2D eigenvalue weighted by atomic mass is 9.93. The molecule has 0 spiro atoms. The van der Waals surface area contributed by atoms with Crippen molar-refractivity contribution in [2.45, 2.75) is 39.7 Å². The van der Waals surface area contributed by atoms with Gasteiger partial charge in [0.1, 0.15) is 23.3 Å². The number of carbonyl (C=O) groups is 2. The molecule has 1 aliphatic rings. The van der Waals surface area contributed by atoms with Crippen molar-refractivity contribution in [2.75, 3.05) is 13.7 Å². The van der Waals surface area contributed by atoms with Gasteiger partial charge in [0.05, 0.1) is 35.1 Å². The number of carboxylic acids is 1. The number of nitrogens with zero attached hydrogens (tertiary/aromatic N) is 2. The molecule has 4 aromatic rings. The summed E-state index contributed by atoms with van der Waals surface area (Å²) in [5.41, 5.74) is 2.57. The summed E-state index contributed by atoms with van der Waals surface area (Å²) in [6.07, 6.45) is 2.83. The molecule has 2 aromatic carbocycles. The molecule has 3 heterocycles. The molecular weight excluding hydrogens is 592 g/mol. The zero-order chi connectivity index (χ0) is 30.8. The second kappa shape index (κ2) is 12.4. The number of thiazole rings is 1. The van der Waals surface area contributed by atoms with Crippen molar-refractivity contribution in [1.82, 2.24) is 4.57 Å². The van der Waals surface area contributed by atoms with Crippen molar-refractivity contribution in [2.24, 2.45) is 4.99 Å². The highest BCUT2D eigenvalue weighted by atomic mass is 35.5. The molecule has 1 atom stereocenters. The van der Waals surface area contributed by atoms with Gasteiger partial charge in [-0.3, -0.25) is 9.36 Å². The fraction of sp³-hybridized carbons (Fsp3) is 0.250. The van der Waals surface area contributed by atoms with Crippen LogP contribution in [-0.2, 0) is 9.53 Å². The van der Waals surface area contributed by atoms with Gasteiger partial charge in [0.2, 0.25) is 0 Å². The molecule has 1 N–H and O–H groups in total. The average Bonchev–Trinajstić information content (AvgIpc) is 3.56. The summed E-state index contributed by atoms with van der Waals surface area (Å²) in [6, 6.07) is 12.4. The molecule has 2 aromatic heterocycles. The van der Waals surface area contributed by atoms with E-state index in [2.05, 4.69) is 0 Å². The van der Waals surface area contributed by atoms with E-state index >= 15 is 0 Å². The van der Waals surface area contributed by atoms with Gasteiger partial charge in [-0.05, 0) is 68.3 Å². The minimum atomic E-state index is -1.04. The van der Waals surface area contributed by atoms with Crippen LogP contribution in [0.15, 0.2) is 74.0 Å². The molecule has 1 aliphatic heterocycles. The van der Waals surface area contributed by atoms with Crippen molar-refractivity contribution in [3.63, 3.8) is 0 Å². The van der Waals surface area contributed by atoms with E-state index in [1.165, 1.54) is 29.1 Å². The fourth-order valence-electron chi connectivity index (χ4n) is 5.06. The Morgan fingerprint density at radius 1 is 1.16 bits per heavy atom. The van der Waals surface area contributed by atoms with Crippen LogP contribution >= 0.6 is 22.9 Å². The molecular formula is C32H29ClN2O7S. The highest BCUT2D eigenvalue weighted by molar-refractivity contribution is 7.07. The number of halogens is 1. The lowest BCUT2D eigenvalue weighted by molar-refractivity contribution is -0.139. The topological polar surface area (TPSA) is 120 Å². The molecule has 222 valence electrons. The zero-order valence-corrected chi connectivity index (χ0v) is 25.5. The van der Waals surface area contributed by atoms with E-state index in [0.29, 0.717) is 61.3 Å². The predicted octanol–water partition coefficient (Wildman–Crippen LogP) is 5.51. The van der Waals surface area contributed by atoms with Crippen LogP contribution < -0.4 is 19.6 Å². The van der Waals surface area contributed by atoms with Gasteiger partial charge < -0.3 is 19.0 Å². The molecule has 0 saturated carbocycles. The molecule has 9 nitrogen and oxygen atoms in total. The monoisotopic (exact) mass is 620 g/mol. The maximum absolute atomic E-state index is 14.1. The van der Waals surface area contributed by atoms with Gasteiger partial charge in [-0.2, -0.15) is 0 Å². The van der Waals surface area contributed by atoms with Gasteiger partial charge in [-0.15, -0.1) is 0 Å². The zero-order valence-electron chi connectivity index (χ0n) is 24.0. The maximum atomic E-state index is 14.1. The fourth-order valence-corrected chi connectivity index (χ4v) is 6.24. The Labute approximate surface area is 256 Å². The number of benzene rings is 2. The summed E-state index contributed by atoms with van der Waals surface area (Å²) in [5.74, 6) is -0.278. The number of fused-ring (bicyclic) bond motifs is 1. The number of carboxylic acid groups (broad SMARTS) is 1. The second-order valence-electron chi connectivity index (χ2n) is 9.84. The van der Waals surface area contributed by atoms with Crippen molar-refractivity contribution in [3.8, 4) is 17.1 Å². The van der Waals surface area contributed by atoms with E-state index in [1.54, 1.807) is 55.5 Å². The molecule has 0 amide bonds. The number of aryl methyl sites for hydroxylation is 1. The molecule has 43 heavy (non-hydrogen) atoms. The van der Waals surface area contributed by atoms with Gasteiger partial charge in [-0.25, -0.2) is 14.6 Å². The smallest absolute Gasteiger partial charge is 0.338 e. The number of esters is 1. The van der Waals surface area contributed by atoms with Crippen LogP contribution in [-0.4, -0.2) is 35.3 Å². The van der Waals surface area contributed by atoms with Gasteiger partial charge in [0.25, 0.3) is 5.56 Å². The van der Waals surface area contributed by atoms with Crippen LogP contribution in [0.25, 0.3) is 17.4 Å². The highest BCUT2D eigenvalue weighted by Crippen LogP contribution is 2.38. The Kier molecular flexibility index (Phi) is 8.70. The Morgan fingerprint density at radius 2 is 1.95 bits per heavy atom. The Hall–Kier alpha value is -4.41. The largest absolute Gasteiger partial charge is 0.496 e. The standard InChI is InChI=1S/C32H29ClN2O7S/c1-5-7-23-27(31(39)41-6-2)28(22-15-19(33)10-12-24(22)40-4)35-29(36)26(43-32(35)34-23)16-20-11-13-25(42-20)21-14-18(30(37)38)9-8-17(21)3/h8-16,28H,5-7H2,1-4H3,(H,37,38)/b26-16+/t28-/m0/s1. The number of aromatic carboxylic acids is 1. The van der Waals surface area contributed by atoms with Gasteiger partial charge in [0, 0.05) is 22.2 Å². The number of carbonyl (C=O) groups excluding carboxylic acids is 1. The van der Waals surface area contributed by atoms with Gasteiger partial charge in [0.15, 0.2) is 4.80 Å². The Balaban J connectivity index is 1.70. The van der Waals surface area contributed by atoms with Crippen molar-refractivity contribution >= 4 is 41.0 Å². The van der Waals surface area contributed by atoms with Crippen LogP contribution in [0.5, 0.6) is 5.75 Å². The quantitative estimate of drug-likeness (QED) is 0.245. The lowest BCUT2D eigenvalue weighted by Gasteiger charge is -2.27. The summed E-state index contributed by atoms with van der Waals surface area (Å²) in [5, 5.41) is 9.83. The van der Waals surface area contributed by atoms with Crippen molar-refractivity contribution in [1.29, 1.82) is 0 Å². The number of hydrogen-bond donors (Lipinski definition) is 1. The van der Waals surface area contributed by atoms with Crippen LogP contribution in [0.4, 0.5) is 0 Å². The summed E-state index contributed by atoms with van der Waals surface area (Å²) >= 11 is 7.58. The normalized spacial score (nSPS) is 14.8. The summed E-state index contributed by atoms with van der Waals surface area (Å²) in [6.45, 7) is 5.72. The van der Waals surface area contributed by atoms with Crippen LogP contribution in [0.3, 0.4) is 0 Å². The highest BCUT2D eigenvalue weighted by Gasteiger charge is 2.36. The number of hydrogen-bond acceptors (Lipinski definition) is 8. The van der Waals surface area contributed by atoms with E-state index in [-0.39, 0.29) is 23.3 Å². The Morgan fingerprint density at radius 3 is 2.65 bits per heavy atom. The molecule has 0 aliphatic carbocycles. The van der Waals surface area contributed by atoms with Crippen LogP contribution in [0.1, 0.15) is 60.0 Å². The first kappa shape index (κ1) is 30.1.